The topological polar surface area (TPSA) is 101 Å². The van der Waals surface area contributed by atoms with Gasteiger partial charge in [-0.05, 0) is 12.1 Å². The number of amides is 1. The number of carbonyl (C=O) groups excluding carboxylic acids is 1. The first-order valence-corrected chi connectivity index (χ1v) is 9.02. The number of aliphatic hydroxyl groups excluding tert-OH is 2. The Morgan fingerprint density at radius 1 is 1.54 bits per heavy atom. The van der Waals surface area contributed by atoms with Crippen molar-refractivity contribution in [2.45, 2.75) is 36.1 Å². The maximum Gasteiger partial charge on any atom is 0.222 e. The molecule has 0 radical (unpaired) electrons. The van der Waals surface area contributed by atoms with Gasteiger partial charge in [0.15, 0.2) is 4.93 Å². The monoisotopic (exact) mass is 354 g/mol. The van der Waals surface area contributed by atoms with Crippen LogP contribution in [0.5, 0.6) is 0 Å². The van der Waals surface area contributed by atoms with Crippen molar-refractivity contribution < 1.29 is 24.5 Å². The molecule has 1 spiro atoms. The summed E-state index contributed by atoms with van der Waals surface area (Å²) in [6, 6.07) is 5.69. The molecule has 132 valence electrons. The van der Waals surface area contributed by atoms with Gasteiger partial charge in [0.25, 0.3) is 0 Å². The van der Waals surface area contributed by atoms with Crippen molar-refractivity contribution >= 4 is 17.7 Å². The summed E-state index contributed by atoms with van der Waals surface area (Å²) in [5, 5.41) is 22.2. The van der Waals surface area contributed by atoms with Crippen molar-refractivity contribution in [3.8, 4) is 0 Å². The number of hydrogen-bond acceptors (Lipinski definition) is 7. The molecule has 2 aliphatic heterocycles. The fraction of sp³-hybridized carbons (Fsp3) is 0.625. The largest absolute Gasteiger partial charge is 0.394 e. The van der Waals surface area contributed by atoms with E-state index in [9.17, 15) is 15.0 Å². The molecule has 3 N–H and O–H groups in total. The van der Waals surface area contributed by atoms with Crippen LogP contribution in [0.4, 0.5) is 0 Å². The standard InChI is InChI=1S/C16H22N2O5S/c19-9-12-14(21)15(16(23-12)10-24-16)22-8-5-13(20)18-7-4-11-3-1-2-6-17-11/h1-3,6,12,14-15,19,21H,4-5,7-10H2,(H,18,20)/t12-,14?,15?,16+/m1/s1. The molecule has 2 unspecified atom stereocenters. The van der Waals surface area contributed by atoms with Crippen molar-refractivity contribution in [1.29, 1.82) is 0 Å². The Balaban J connectivity index is 1.35. The van der Waals surface area contributed by atoms with Crippen LogP contribution in [0, 0.1) is 0 Å². The molecule has 7 nitrogen and oxygen atoms in total. The third kappa shape index (κ3) is 4.07. The van der Waals surface area contributed by atoms with E-state index in [1.807, 2.05) is 18.2 Å². The van der Waals surface area contributed by atoms with Gasteiger partial charge in [0.1, 0.15) is 18.3 Å². The van der Waals surface area contributed by atoms with E-state index in [1.165, 1.54) is 0 Å². The van der Waals surface area contributed by atoms with E-state index in [2.05, 4.69) is 10.3 Å². The Morgan fingerprint density at radius 2 is 2.38 bits per heavy atom. The first kappa shape index (κ1) is 17.6. The van der Waals surface area contributed by atoms with Gasteiger partial charge in [-0.2, -0.15) is 0 Å². The summed E-state index contributed by atoms with van der Waals surface area (Å²) in [4.78, 5) is 15.5. The summed E-state index contributed by atoms with van der Waals surface area (Å²) < 4.78 is 11.3. The maximum absolute atomic E-state index is 11.8. The molecule has 1 amide bonds. The van der Waals surface area contributed by atoms with Crippen LogP contribution in [0.1, 0.15) is 12.1 Å². The predicted molar refractivity (Wildman–Crippen MR) is 88.5 cm³/mol. The summed E-state index contributed by atoms with van der Waals surface area (Å²) in [7, 11) is 0. The molecule has 3 rings (SSSR count). The maximum atomic E-state index is 11.8. The summed E-state index contributed by atoms with van der Waals surface area (Å²) >= 11 is 1.55. The quantitative estimate of drug-likeness (QED) is 0.552. The Kier molecular flexibility index (Phi) is 5.72. The van der Waals surface area contributed by atoms with Gasteiger partial charge >= 0.3 is 0 Å². The van der Waals surface area contributed by atoms with Crippen LogP contribution in [0.3, 0.4) is 0 Å². The second-order valence-electron chi connectivity index (χ2n) is 5.89. The van der Waals surface area contributed by atoms with Gasteiger partial charge < -0.3 is 25.0 Å². The number of nitrogens with zero attached hydrogens (tertiary/aromatic N) is 1. The molecule has 3 heterocycles. The molecule has 0 aliphatic carbocycles. The number of nitrogens with one attached hydrogen (secondary N) is 1. The Morgan fingerprint density at radius 3 is 3.04 bits per heavy atom. The lowest BCUT2D eigenvalue weighted by atomic mass is 10.1. The normalized spacial score (nSPS) is 31.3. The van der Waals surface area contributed by atoms with Gasteiger partial charge in [-0.3, -0.25) is 9.78 Å². The Hall–Kier alpha value is -1.19. The molecule has 24 heavy (non-hydrogen) atoms. The van der Waals surface area contributed by atoms with Crippen LogP contribution in [-0.2, 0) is 20.7 Å². The van der Waals surface area contributed by atoms with Crippen LogP contribution in [0.15, 0.2) is 24.4 Å². The molecule has 8 heteroatoms. The smallest absolute Gasteiger partial charge is 0.222 e. The first-order valence-electron chi connectivity index (χ1n) is 8.03. The lowest BCUT2D eigenvalue weighted by Gasteiger charge is -2.19. The number of pyridine rings is 1. The van der Waals surface area contributed by atoms with E-state index in [1.54, 1.807) is 18.0 Å². The molecular weight excluding hydrogens is 332 g/mol. The zero-order valence-corrected chi connectivity index (χ0v) is 14.1. The number of carbonyl (C=O) groups is 1. The summed E-state index contributed by atoms with van der Waals surface area (Å²) in [6.07, 6.45) is 0.650. The lowest BCUT2D eigenvalue weighted by molar-refractivity contribution is -0.123. The Labute approximate surface area is 144 Å². The highest BCUT2D eigenvalue weighted by molar-refractivity contribution is 8.07. The SMILES string of the molecule is O=C(CCOC1C(O)[C@@H](CO)O[C@]12CS2)NCCc1ccccn1. The zero-order chi connectivity index (χ0) is 17.0. The molecule has 1 aromatic rings. The highest BCUT2D eigenvalue weighted by Gasteiger charge is 2.63. The fourth-order valence-electron chi connectivity index (χ4n) is 2.77. The predicted octanol–water partition coefficient (Wildman–Crippen LogP) is -0.289. The number of aliphatic hydroxyl groups is 2. The van der Waals surface area contributed by atoms with Crippen molar-refractivity contribution in [1.82, 2.24) is 10.3 Å². The number of ether oxygens (including phenoxy) is 2. The van der Waals surface area contributed by atoms with E-state index >= 15 is 0 Å². The molecule has 2 aliphatic rings. The molecule has 0 aromatic carbocycles. The van der Waals surface area contributed by atoms with Crippen LogP contribution in [-0.4, -0.2) is 69.9 Å². The third-order valence-corrected chi connectivity index (χ3v) is 5.33. The molecular formula is C16H22N2O5S. The van der Waals surface area contributed by atoms with E-state index in [4.69, 9.17) is 9.47 Å². The van der Waals surface area contributed by atoms with Crippen molar-refractivity contribution in [3.05, 3.63) is 30.1 Å². The molecule has 2 fully saturated rings. The van der Waals surface area contributed by atoms with Crippen LogP contribution < -0.4 is 5.32 Å². The van der Waals surface area contributed by atoms with Gasteiger partial charge in [-0.25, -0.2) is 0 Å². The molecule has 2 saturated heterocycles. The number of thioether (sulfide) groups is 1. The molecule has 4 atom stereocenters. The van der Waals surface area contributed by atoms with E-state index in [0.717, 1.165) is 11.4 Å². The highest BCUT2D eigenvalue weighted by atomic mass is 32.2. The van der Waals surface area contributed by atoms with Crippen LogP contribution >= 0.6 is 11.8 Å². The van der Waals surface area contributed by atoms with Crippen molar-refractivity contribution in [3.63, 3.8) is 0 Å². The molecule has 0 bridgehead atoms. The van der Waals surface area contributed by atoms with Gasteiger partial charge in [-0.15, -0.1) is 11.8 Å². The minimum absolute atomic E-state index is 0.101. The van der Waals surface area contributed by atoms with E-state index in [-0.39, 0.29) is 25.5 Å². The first-order chi connectivity index (χ1) is 11.6. The van der Waals surface area contributed by atoms with Gasteiger partial charge in [0.2, 0.25) is 5.91 Å². The van der Waals surface area contributed by atoms with E-state index < -0.39 is 23.2 Å². The zero-order valence-electron chi connectivity index (χ0n) is 13.3. The van der Waals surface area contributed by atoms with Crippen molar-refractivity contribution in [2.75, 3.05) is 25.5 Å². The Bertz CT molecular complexity index is 555. The minimum Gasteiger partial charge on any atom is -0.394 e. The third-order valence-electron chi connectivity index (χ3n) is 4.14. The van der Waals surface area contributed by atoms with Gasteiger partial charge in [0.05, 0.1) is 13.2 Å². The number of aromatic nitrogens is 1. The summed E-state index contributed by atoms with van der Waals surface area (Å²) in [6.45, 7) is 0.496. The average molecular weight is 354 g/mol. The molecule has 1 aromatic heterocycles. The minimum atomic E-state index is -0.864. The van der Waals surface area contributed by atoms with Crippen molar-refractivity contribution in [2.24, 2.45) is 0 Å². The van der Waals surface area contributed by atoms with Gasteiger partial charge in [0, 0.05) is 37.0 Å². The lowest BCUT2D eigenvalue weighted by Crippen LogP contribution is -2.38. The fourth-order valence-corrected chi connectivity index (χ4v) is 3.70. The van der Waals surface area contributed by atoms with Gasteiger partial charge in [-0.1, -0.05) is 6.07 Å². The number of hydrogen-bond donors (Lipinski definition) is 3. The molecule has 0 saturated carbocycles. The van der Waals surface area contributed by atoms with Crippen LogP contribution in [0.25, 0.3) is 0 Å². The second kappa shape index (κ2) is 7.79. The summed E-state index contributed by atoms with van der Waals surface area (Å²) in [5.41, 5.74) is 0.933. The average Bonchev–Trinajstić information content (AvgIpc) is 3.32. The summed E-state index contributed by atoms with van der Waals surface area (Å²) in [5.74, 6) is 0.636. The highest BCUT2D eigenvalue weighted by Crippen LogP contribution is 2.55. The number of rotatable bonds is 8. The second-order valence-corrected chi connectivity index (χ2v) is 7.16. The van der Waals surface area contributed by atoms with E-state index in [0.29, 0.717) is 13.0 Å². The van der Waals surface area contributed by atoms with Crippen LogP contribution in [0.2, 0.25) is 0 Å².